The van der Waals surface area contributed by atoms with Gasteiger partial charge in [-0.2, -0.15) is 4.98 Å². The van der Waals surface area contributed by atoms with Crippen molar-refractivity contribution < 1.29 is 9.50 Å². The first-order valence-corrected chi connectivity index (χ1v) is 8.40. The Labute approximate surface area is 148 Å². The van der Waals surface area contributed by atoms with Crippen molar-refractivity contribution in [3.63, 3.8) is 0 Å². The summed E-state index contributed by atoms with van der Waals surface area (Å²) >= 11 is 0. The highest BCUT2D eigenvalue weighted by atomic mass is 19.1. The van der Waals surface area contributed by atoms with Gasteiger partial charge in [-0.15, -0.1) is 0 Å². The lowest BCUT2D eigenvalue weighted by molar-refractivity contribution is 0.198. The summed E-state index contributed by atoms with van der Waals surface area (Å²) in [6, 6.07) is 7.79. The van der Waals surface area contributed by atoms with Gasteiger partial charge in [0.2, 0.25) is 5.95 Å². The van der Waals surface area contributed by atoms with E-state index in [0.717, 1.165) is 24.2 Å². The molecule has 8 heteroatoms. The van der Waals surface area contributed by atoms with Crippen molar-refractivity contribution in [2.24, 2.45) is 0 Å². The lowest BCUT2D eigenvalue weighted by Crippen LogP contribution is -2.23. The number of nitrogens with zero attached hydrogens (tertiary/aromatic N) is 3. The molecule has 0 saturated carbocycles. The third kappa shape index (κ3) is 3.36. The standard InChI is InChI=1S/C18H18FN5O2/c19-13-2-1-11-7-12(17(26)22-15(11)8-13)9-21-18-20-5-3-16(23-18)24-6-4-14(25)10-24/h1-3,5,7-8,14,25H,4,6,9-10H2,(H,22,26)(H,20,21,23). The van der Waals surface area contributed by atoms with Gasteiger partial charge in [0.15, 0.2) is 0 Å². The van der Waals surface area contributed by atoms with Crippen LogP contribution < -0.4 is 15.8 Å². The highest BCUT2D eigenvalue weighted by molar-refractivity contribution is 5.78. The average Bonchev–Trinajstić information content (AvgIpc) is 3.07. The molecule has 0 radical (unpaired) electrons. The molecule has 1 aliphatic rings. The number of aliphatic hydroxyl groups excluding tert-OH is 1. The Morgan fingerprint density at radius 2 is 2.23 bits per heavy atom. The van der Waals surface area contributed by atoms with E-state index in [4.69, 9.17) is 0 Å². The summed E-state index contributed by atoms with van der Waals surface area (Å²) in [4.78, 5) is 25.5. The molecule has 1 saturated heterocycles. The molecular formula is C18H18FN5O2. The van der Waals surface area contributed by atoms with Gasteiger partial charge in [0.1, 0.15) is 11.6 Å². The van der Waals surface area contributed by atoms with E-state index >= 15 is 0 Å². The second-order valence-corrected chi connectivity index (χ2v) is 6.34. The molecule has 1 aromatic carbocycles. The van der Waals surface area contributed by atoms with E-state index in [0.29, 0.717) is 23.6 Å². The molecule has 3 heterocycles. The fourth-order valence-electron chi connectivity index (χ4n) is 3.08. The molecule has 2 aromatic heterocycles. The zero-order valence-corrected chi connectivity index (χ0v) is 13.9. The number of anilines is 2. The largest absolute Gasteiger partial charge is 0.391 e. The monoisotopic (exact) mass is 355 g/mol. The number of halogens is 1. The van der Waals surface area contributed by atoms with Crippen LogP contribution in [0.25, 0.3) is 10.9 Å². The summed E-state index contributed by atoms with van der Waals surface area (Å²) in [5, 5.41) is 13.5. The molecule has 4 rings (SSSR count). The molecule has 7 nitrogen and oxygen atoms in total. The number of fused-ring (bicyclic) bond motifs is 1. The lowest BCUT2D eigenvalue weighted by Gasteiger charge is -2.17. The molecule has 3 aromatic rings. The first kappa shape index (κ1) is 16.5. The minimum absolute atomic E-state index is 0.245. The fraction of sp³-hybridized carbons (Fsp3) is 0.278. The van der Waals surface area contributed by atoms with Crippen LogP contribution in [0.3, 0.4) is 0 Å². The van der Waals surface area contributed by atoms with Crippen LogP contribution in [0.5, 0.6) is 0 Å². The Hall–Kier alpha value is -3.00. The quantitative estimate of drug-likeness (QED) is 0.659. The van der Waals surface area contributed by atoms with Crippen LogP contribution in [0.15, 0.2) is 41.3 Å². The Morgan fingerprint density at radius 1 is 1.35 bits per heavy atom. The van der Waals surface area contributed by atoms with Gasteiger partial charge in [0, 0.05) is 31.4 Å². The maximum absolute atomic E-state index is 13.3. The summed E-state index contributed by atoms with van der Waals surface area (Å²) in [7, 11) is 0. The van der Waals surface area contributed by atoms with Gasteiger partial charge in [0.05, 0.1) is 11.6 Å². The number of aromatic nitrogens is 3. The summed E-state index contributed by atoms with van der Waals surface area (Å²) in [6.07, 6.45) is 2.03. The van der Waals surface area contributed by atoms with Gasteiger partial charge in [0.25, 0.3) is 5.56 Å². The first-order valence-electron chi connectivity index (χ1n) is 8.40. The van der Waals surface area contributed by atoms with Crippen molar-refractivity contribution >= 4 is 22.7 Å². The van der Waals surface area contributed by atoms with E-state index in [1.165, 1.54) is 12.1 Å². The van der Waals surface area contributed by atoms with E-state index in [-0.39, 0.29) is 18.2 Å². The summed E-state index contributed by atoms with van der Waals surface area (Å²) < 4.78 is 13.3. The molecule has 1 aliphatic heterocycles. The normalized spacial score (nSPS) is 17.0. The summed E-state index contributed by atoms with van der Waals surface area (Å²) in [5.41, 5.74) is 0.689. The molecule has 0 amide bonds. The van der Waals surface area contributed by atoms with Crippen molar-refractivity contribution in [1.82, 2.24) is 15.0 Å². The van der Waals surface area contributed by atoms with E-state index in [2.05, 4.69) is 20.3 Å². The van der Waals surface area contributed by atoms with Gasteiger partial charge >= 0.3 is 0 Å². The molecule has 1 unspecified atom stereocenters. The number of hydrogen-bond acceptors (Lipinski definition) is 6. The summed E-state index contributed by atoms with van der Waals surface area (Å²) in [5.74, 6) is 0.751. The lowest BCUT2D eigenvalue weighted by atomic mass is 10.1. The molecule has 134 valence electrons. The third-order valence-electron chi connectivity index (χ3n) is 4.45. The Morgan fingerprint density at radius 3 is 3.04 bits per heavy atom. The number of nitrogens with one attached hydrogen (secondary N) is 2. The van der Waals surface area contributed by atoms with Crippen LogP contribution in [-0.2, 0) is 6.54 Å². The third-order valence-corrected chi connectivity index (χ3v) is 4.45. The van der Waals surface area contributed by atoms with Gasteiger partial charge in [-0.3, -0.25) is 4.79 Å². The molecule has 26 heavy (non-hydrogen) atoms. The van der Waals surface area contributed by atoms with Gasteiger partial charge < -0.3 is 20.3 Å². The van der Waals surface area contributed by atoms with Crippen LogP contribution in [0.1, 0.15) is 12.0 Å². The van der Waals surface area contributed by atoms with Crippen molar-refractivity contribution in [2.75, 3.05) is 23.3 Å². The molecule has 1 fully saturated rings. The highest BCUT2D eigenvalue weighted by Crippen LogP contribution is 2.19. The zero-order valence-electron chi connectivity index (χ0n) is 13.9. The van der Waals surface area contributed by atoms with Crippen molar-refractivity contribution in [2.45, 2.75) is 19.1 Å². The fourth-order valence-corrected chi connectivity index (χ4v) is 3.08. The Balaban J connectivity index is 1.52. The number of benzene rings is 1. The van der Waals surface area contributed by atoms with Gasteiger partial charge in [-0.05, 0) is 42.1 Å². The minimum atomic E-state index is -0.392. The smallest absolute Gasteiger partial charge is 0.253 e. The number of pyridine rings is 1. The van der Waals surface area contributed by atoms with Gasteiger partial charge in [-0.25, -0.2) is 9.37 Å². The average molecular weight is 355 g/mol. The van der Waals surface area contributed by atoms with Crippen LogP contribution in [0, 0.1) is 5.82 Å². The SMILES string of the molecule is O=c1[nH]c2cc(F)ccc2cc1CNc1nccc(N2CCC(O)C2)n1. The van der Waals surface area contributed by atoms with Crippen molar-refractivity contribution in [3.05, 3.63) is 58.3 Å². The number of hydrogen-bond donors (Lipinski definition) is 3. The number of rotatable bonds is 4. The molecule has 0 spiro atoms. The maximum atomic E-state index is 13.3. The maximum Gasteiger partial charge on any atom is 0.253 e. The second kappa shape index (κ2) is 6.72. The minimum Gasteiger partial charge on any atom is -0.391 e. The number of H-pyrrole nitrogens is 1. The molecule has 1 atom stereocenters. The van der Waals surface area contributed by atoms with Crippen LogP contribution in [-0.4, -0.2) is 39.3 Å². The summed E-state index contributed by atoms with van der Waals surface area (Å²) in [6.45, 7) is 1.55. The zero-order chi connectivity index (χ0) is 18.1. The van der Waals surface area contributed by atoms with E-state index in [9.17, 15) is 14.3 Å². The van der Waals surface area contributed by atoms with Crippen molar-refractivity contribution in [1.29, 1.82) is 0 Å². The topological polar surface area (TPSA) is 94.1 Å². The number of β-amino-alcohol motifs (C(OH)–C–C–N with tert-alkyl or cyclic N) is 1. The predicted molar refractivity (Wildman–Crippen MR) is 96.7 cm³/mol. The molecular weight excluding hydrogens is 337 g/mol. The Kier molecular flexibility index (Phi) is 4.26. The van der Waals surface area contributed by atoms with Gasteiger partial charge in [-0.1, -0.05) is 0 Å². The van der Waals surface area contributed by atoms with E-state index in [1.54, 1.807) is 24.4 Å². The molecule has 0 aliphatic carbocycles. The number of aromatic amines is 1. The second-order valence-electron chi connectivity index (χ2n) is 6.34. The predicted octanol–water partition coefficient (Wildman–Crippen LogP) is 1.64. The van der Waals surface area contributed by atoms with Crippen LogP contribution >= 0.6 is 0 Å². The molecule has 3 N–H and O–H groups in total. The van der Waals surface area contributed by atoms with E-state index in [1.807, 2.05) is 4.90 Å². The van der Waals surface area contributed by atoms with Crippen molar-refractivity contribution in [3.8, 4) is 0 Å². The van der Waals surface area contributed by atoms with E-state index < -0.39 is 5.82 Å². The molecule has 0 bridgehead atoms. The van der Waals surface area contributed by atoms with Crippen LogP contribution in [0.2, 0.25) is 0 Å². The first-order chi connectivity index (χ1) is 12.6. The van der Waals surface area contributed by atoms with Crippen LogP contribution in [0.4, 0.5) is 16.2 Å². The highest BCUT2D eigenvalue weighted by Gasteiger charge is 2.21. The number of aliphatic hydroxyl groups is 1. The Bertz CT molecular complexity index is 1010.